The van der Waals surface area contributed by atoms with Crippen LogP contribution in [0, 0.1) is 17.8 Å². The molecule has 0 unspecified atom stereocenters. The van der Waals surface area contributed by atoms with Gasteiger partial charge in [-0.15, -0.1) is 23.2 Å². The number of likely N-dealkylation sites (tertiary alicyclic amines) is 2. The van der Waals surface area contributed by atoms with E-state index >= 15 is 0 Å². The van der Waals surface area contributed by atoms with Gasteiger partial charge in [0.1, 0.15) is 0 Å². The van der Waals surface area contributed by atoms with Crippen LogP contribution < -0.4 is 10.5 Å². The van der Waals surface area contributed by atoms with Gasteiger partial charge >= 0.3 is 6.03 Å². The van der Waals surface area contributed by atoms with Crippen LogP contribution in [0.5, 0.6) is 11.5 Å². The minimum atomic E-state index is -2.01. The van der Waals surface area contributed by atoms with Crippen molar-refractivity contribution in [1.82, 2.24) is 9.80 Å². The molecule has 0 radical (unpaired) electrons. The number of urea groups is 1. The third-order valence-corrected chi connectivity index (χ3v) is 10.4. The second-order valence-electron chi connectivity index (χ2n) is 9.39. The zero-order chi connectivity index (χ0) is 27.2. The number of fused-ring (bicyclic) bond motifs is 4. The molecular weight excluding hydrogens is 661 g/mol. The summed E-state index contributed by atoms with van der Waals surface area (Å²) in [5.41, 5.74) is 6.07. The number of primary amides is 1. The normalized spacial score (nSPS) is 34.8. The number of carbonyl (C=O) groups is 5. The Morgan fingerprint density at radius 1 is 1.19 bits per heavy atom. The lowest BCUT2D eigenvalue weighted by molar-refractivity contribution is -0.139. The summed E-state index contributed by atoms with van der Waals surface area (Å²) in [6.45, 7) is 0. The van der Waals surface area contributed by atoms with Crippen LogP contribution in [0.15, 0.2) is 28.3 Å². The molecule has 6 amide bonds. The first kappa shape index (κ1) is 26.5. The van der Waals surface area contributed by atoms with Crippen LogP contribution in [0.1, 0.15) is 24.3 Å². The lowest BCUT2D eigenvalue weighted by atomic mass is 9.56. The van der Waals surface area contributed by atoms with Gasteiger partial charge in [-0.2, -0.15) is 4.90 Å². The van der Waals surface area contributed by atoms with Crippen molar-refractivity contribution in [3.8, 4) is 11.5 Å². The summed E-state index contributed by atoms with van der Waals surface area (Å²) >= 11 is 20.6. The molecule has 196 valence electrons. The molecule has 0 aromatic heterocycles. The SMILES string of the molecule is COc1cc([C@H]2C3=CC[C@@H]4C(=O)N(C(N)=O)C(=O)[C@@H]4[C@@H]3C[C@@]3(Cl)C(=O)N(CBr)C(=O)[C@@]23Cl)cc(Br)c1O. The maximum Gasteiger partial charge on any atom is 0.328 e. The zero-order valence-corrected chi connectivity index (χ0v) is 23.7. The number of rotatable bonds is 3. The molecule has 3 fully saturated rings. The number of aromatic hydroxyl groups is 1. The van der Waals surface area contributed by atoms with Crippen LogP contribution in [0.4, 0.5) is 4.79 Å². The summed E-state index contributed by atoms with van der Waals surface area (Å²) in [5.74, 6) is -6.85. The van der Waals surface area contributed by atoms with Crippen LogP contribution in [0.3, 0.4) is 0 Å². The molecule has 2 saturated heterocycles. The Balaban J connectivity index is 1.76. The molecule has 5 rings (SSSR count). The van der Waals surface area contributed by atoms with Gasteiger partial charge in [0, 0.05) is 5.92 Å². The van der Waals surface area contributed by atoms with Crippen molar-refractivity contribution in [2.75, 3.05) is 12.6 Å². The Kier molecular flexibility index (Phi) is 6.21. The largest absolute Gasteiger partial charge is 0.503 e. The molecule has 2 aliphatic heterocycles. The third kappa shape index (κ3) is 3.25. The van der Waals surface area contributed by atoms with Crippen LogP contribution in [0.2, 0.25) is 0 Å². The second kappa shape index (κ2) is 8.69. The van der Waals surface area contributed by atoms with Crippen molar-refractivity contribution in [3.05, 3.63) is 33.8 Å². The number of nitrogens with two attached hydrogens (primary N) is 1. The highest BCUT2D eigenvalue weighted by molar-refractivity contribution is 9.10. The first-order valence-corrected chi connectivity index (χ1v) is 13.8. The number of carbonyl (C=O) groups excluding carboxylic acids is 5. The van der Waals surface area contributed by atoms with Gasteiger partial charge in [0.15, 0.2) is 21.2 Å². The van der Waals surface area contributed by atoms with Crippen molar-refractivity contribution in [1.29, 1.82) is 0 Å². The topological polar surface area (TPSA) is 147 Å². The Morgan fingerprint density at radius 3 is 2.46 bits per heavy atom. The van der Waals surface area contributed by atoms with E-state index < -0.39 is 63.1 Å². The Labute approximate surface area is 237 Å². The number of hydrogen-bond donors (Lipinski definition) is 2. The number of phenols is 1. The van der Waals surface area contributed by atoms with E-state index in [1.807, 2.05) is 0 Å². The fourth-order valence-corrected chi connectivity index (χ4v) is 8.15. The van der Waals surface area contributed by atoms with E-state index in [9.17, 15) is 29.1 Å². The predicted octanol–water partition coefficient (Wildman–Crippen LogP) is 2.95. The van der Waals surface area contributed by atoms with Crippen molar-refractivity contribution < 1.29 is 33.8 Å². The van der Waals surface area contributed by atoms with E-state index in [0.29, 0.717) is 16.0 Å². The van der Waals surface area contributed by atoms with Crippen LogP contribution in [-0.2, 0) is 19.2 Å². The lowest BCUT2D eigenvalue weighted by Crippen LogP contribution is -2.60. The number of halogens is 4. The van der Waals surface area contributed by atoms with Crippen LogP contribution in [0.25, 0.3) is 0 Å². The highest BCUT2D eigenvalue weighted by Gasteiger charge is 2.76. The van der Waals surface area contributed by atoms with Gasteiger partial charge in [-0.1, -0.05) is 27.6 Å². The average Bonchev–Trinajstić information content (AvgIpc) is 3.19. The molecule has 0 bridgehead atoms. The summed E-state index contributed by atoms with van der Waals surface area (Å²) in [6, 6.07) is 1.83. The molecule has 3 N–H and O–H groups in total. The smallest absolute Gasteiger partial charge is 0.328 e. The molecule has 37 heavy (non-hydrogen) atoms. The molecule has 2 aliphatic carbocycles. The number of phenolic OH excluding ortho intramolecular Hbond substituents is 1. The first-order chi connectivity index (χ1) is 17.3. The number of methoxy groups -OCH3 is 1. The van der Waals surface area contributed by atoms with Crippen LogP contribution in [-0.4, -0.2) is 66.9 Å². The van der Waals surface area contributed by atoms with Gasteiger partial charge in [0.05, 0.1) is 28.9 Å². The molecular formula is C23H19Br2Cl2N3O7. The van der Waals surface area contributed by atoms with Crippen molar-refractivity contribution >= 4 is 84.7 Å². The van der Waals surface area contributed by atoms with E-state index in [0.717, 1.165) is 4.90 Å². The minimum absolute atomic E-state index is 0.0716. The Hall–Kier alpha value is -2.15. The monoisotopic (exact) mass is 677 g/mol. The van der Waals surface area contributed by atoms with E-state index in [1.54, 1.807) is 6.08 Å². The summed E-state index contributed by atoms with van der Waals surface area (Å²) in [6.07, 6.45) is 1.58. The fraction of sp³-hybridized carbons (Fsp3) is 0.435. The minimum Gasteiger partial charge on any atom is -0.503 e. The predicted molar refractivity (Wildman–Crippen MR) is 137 cm³/mol. The van der Waals surface area contributed by atoms with Crippen molar-refractivity contribution in [2.24, 2.45) is 23.5 Å². The number of hydrogen-bond acceptors (Lipinski definition) is 7. The summed E-state index contributed by atoms with van der Waals surface area (Å²) in [5, 5.41) is 10.4. The standard InChI is InChI=1S/C23H19Br2Cl2N3O7/c1-37-13-5-8(4-12(25)16(13)31)15-9-2-3-10-14(18(33)30(17(10)32)21(28)36)11(9)6-22(26)19(34)29(7-24)20(35)23(15,22)27/h2,4-5,10-11,14-15,31H,3,6-7H2,1H3,(H2,28,36)/t10-,11+,14-,15-,22+,23-/m0/s1. The van der Waals surface area contributed by atoms with Gasteiger partial charge in [0.2, 0.25) is 11.8 Å². The first-order valence-electron chi connectivity index (χ1n) is 11.1. The molecule has 4 aliphatic rings. The van der Waals surface area contributed by atoms with E-state index in [4.69, 9.17) is 33.7 Å². The van der Waals surface area contributed by atoms with Gasteiger partial charge in [0.25, 0.3) is 11.8 Å². The number of ether oxygens (including phenoxy) is 1. The number of benzene rings is 1. The molecule has 1 aromatic carbocycles. The lowest BCUT2D eigenvalue weighted by Gasteiger charge is -2.50. The molecule has 0 spiro atoms. The van der Waals surface area contributed by atoms with Gasteiger partial charge in [-0.05, 0) is 52.4 Å². The number of alkyl halides is 3. The van der Waals surface area contributed by atoms with E-state index in [-0.39, 0.29) is 34.3 Å². The molecule has 1 aromatic rings. The quantitative estimate of drug-likeness (QED) is 0.216. The molecule has 2 heterocycles. The number of allylic oxidation sites excluding steroid dienone is 2. The third-order valence-electron chi connectivity index (χ3n) is 7.84. The second-order valence-corrected chi connectivity index (χ2v) is 12.0. The van der Waals surface area contributed by atoms with Gasteiger partial charge < -0.3 is 15.6 Å². The Morgan fingerprint density at radius 2 is 1.86 bits per heavy atom. The van der Waals surface area contributed by atoms with Gasteiger partial charge in [-0.25, -0.2) is 4.79 Å². The average molecular weight is 680 g/mol. The van der Waals surface area contributed by atoms with Crippen LogP contribution >= 0.6 is 55.1 Å². The molecule has 14 heteroatoms. The number of nitrogens with zero attached hydrogens (tertiary/aromatic N) is 2. The molecule has 1 saturated carbocycles. The number of imide groups is 4. The maximum atomic E-state index is 13.7. The molecule has 6 atom stereocenters. The van der Waals surface area contributed by atoms with Crippen molar-refractivity contribution in [2.45, 2.75) is 28.5 Å². The summed E-state index contributed by atoms with van der Waals surface area (Å²) in [4.78, 5) is 62.7. The number of amides is 6. The van der Waals surface area contributed by atoms with E-state index in [2.05, 4.69) is 31.9 Å². The van der Waals surface area contributed by atoms with E-state index in [1.165, 1.54) is 19.2 Å². The fourth-order valence-electron chi connectivity index (χ4n) is 6.26. The molecule has 10 nitrogen and oxygen atoms in total. The highest BCUT2D eigenvalue weighted by atomic mass is 79.9. The van der Waals surface area contributed by atoms with Gasteiger partial charge in [-0.3, -0.25) is 24.1 Å². The zero-order valence-electron chi connectivity index (χ0n) is 19.0. The maximum absolute atomic E-state index is 13.7. The van der Waals surface area contributed by atoms with Crippen molar-refractivity contribution in [3.63, 3.8) is 0 Å². The summed E-state index contributed by atoms with van der Waals surface area (Å²) < 4.78 is 5.53. The summed E-state index contributed by atoms with van der Waals surface area (Å²) in [7, 11) is 1.35. The highest BCUT2D eigenvalue weighted by Crippen LogP contribution is 2.66. The Bertz CT molecular complexity index is 1340.